The quantitative estimate of drug-likeness (QED) is 0.487. The predicted octanol–water partition coefficient (Wildman–Crippen LogP) is 3.91. The first kappa shape index (κ1) is 17.7. The number of nitrogens with one attached hydrogen (secondary N) is 1. The van der Waals surface area contributed by atoms with Gasteiger partial charge in [-0.15, -0.1) is 0 Å². The van der Waals surface area contributed by atoms with Crippen LogP contribution in [0.5, 0.6) is 0 Å². The van der Waals surface area contributed by atoms with Crippen LogP contribution in [0.2, 0.25) is 0 Å². The Morgan fingerprint density at radius 1 is 0.762 bits per heavy atom. The standard InChI is InChI=1S/C14H19F5N2/c1-7(2)21(8(3)4)6-5-20-14-12(18)10(16)9(15)11(17)13(14)19/h7-8,20H,5-6H2,1-4H3. The molecule has 1 aromatic rings. The van der Waals surface area contributed by atoms with Crippen LogP contribution in [0.3, 0.4) is 0 Å². The maximum Gasteiger partial charge on any atom is 0.200 e. The Labute approximate surface area is 120 Å². The summed E-state index contributed by atoms with van der Waals surface area (Å²) in [5.74, 6) is -9.72. The molecular formula is C14H19F5N2. The van der Waals surface area contributed by atoms with Crippen molar-refractivity contribution in [1.29, 1.82) is 0 Å². The van der Waals surface area contributed by atoms with E-state index < -0.39 is 34.8 Å². The molecule has 0 saturated carbocycles. The lowest BCUT2D eigenvalue weighted by atomic mass is 10.2. The predicted molar refractivity (Wildman–Crippen MR) is 71.7 cm³/mol. The SMILES string of the molecule is CC(C)N(CCNc1c(F)c(F)c(F)c(F)c1F)C(C)C. The van der Waals surface area contributed by atoms with Gasteiger partial charge in [-0.3, -0.25) is 4.90 Å². The highest BCUT2D eigenvalue weighted by molar-refractivity contribution is 5.47. The van der Waals surface area contributed by atoms with Crippen molar-refractivity contribution in [3.8, 4) is 0 Å². The first-order valence-electron chi connectivity index (χ1n) is 6.69. The molecular weight excluding hydrogens is 291 g/mol. The molecule has 21 heavy (non-hydrogen) atoms. The molecule has 0 saturated heterocycles. The van der Waals surface area contributed by atoms with Crippen LogP contribution in [0.15, 0.2) is 0 Å². The van der Waals surface area contributed by atoms with Gasteiger partial charge >= 0.3 is 0 Å². The molecule has 0 bridgehead atoms. The Morgan fingerprint density at radius 3 is 1.52 bits per heavy atom. The Bertz CT molecular complexity index is 466. The summed E-state index contributed by atoms with van der Waals surface area (Å²) in [6.07, 6.45) is 0. The molecule has 0 radical (unpaired) electrons. The molecule has 7 heteroatoms. The van der Waals surface area contributed by atoms with Gasteiger partial charge in [0.25, 0.3) is 0 Å². The van der Waals surface area contributed by atoms with Gasteiger partial charge in [0, 0.05) is 25.2 Å². The first-order chi connectivity index (χ1) is 9.68. The average Bonchev–Trinajstić information content (AvgIpc) is 2.41. The van der Waals surface area contributed by atoms with Crippen LogP contribution in [0.25, 0.3) is 0 Å². The van der Waals surface area contributed by atoms with Gasteiger partial charge in [-0.25, -0.2) is 22.0 Å². The largest absolute Gasteiger partial charge is 0.379 e. The maximum atomic E-state index is 13.4. The number of halogens is 5. The highest BCUT2D eigenvalue weighted by Crippen LogP contribution is 2.26. The Kier molecular flexibility index (Phi) is 5.95. The van der Waals surface area contributed by atoms with Crippen molar-refractivity contribution in [3.63, 3.8) is 0 Å². The third kappa shape index (κ3) is 3.84. The molecule has 0 spiro atoms. The number of nitrogens with zero attached hydrogens (tertiary/aromatic N) is 1. The van der Waals surface area contributed by atoms with Crippen molar-refractivity contribution in [1.82, 2.24) is 4.90 Å². The van der Waals surface area contributed by atoms with Crippen LogP contribution in [-0.2, 0) is 0 Å². The lowest BCUT2D eigenvalue weighted by molar-refractivity contribution is 0.182. The van der Waals surface area contributed by atoms with Gasteiger partial charge in [-0.2, -0.15) is 0 Å². The van der Waals surface area contributed by atoms with Gasteiger partial charge in [0.1, 0.15) is 5.69 Å². The summed E-state index contributed by atoms with van der Waals surface area (Å²) in [7, 11) is 0. The second kappa shape index (κ2) is 7.06. The summed E-state index contributed by atoms with van der Waals surface area (Å²) in [4.78, 5) is 2.03. The topological polar surface area (TPSA) is 15.3 Å². The zero-order chi connectivity index (χ0) is 16.3. The highest BCUT2D eigenvalue weighted by atomic mass is 19.2. The van der Waals surface area contributed by atoms with Crippen molar-refractivity contribution in [3.05, 3.63) is 29.1 Å². The van der Waals surface area contributed by atoms with E-state index in [1.54, 1.807) is 0 Å². The number of hydrogen-bond donors (Lipinski definition) is 1. The van der Waals surface area contributed by atoms with Gasteiger partial charge in [-0.1, -0.05) is 0 Å². The fourth-order valence-corrected chi connectivity index (χ4v) is 2.18. The van der Waals surface area contributed by atoms with Crippen molar-refractivity contribution in [2.45, 2.75) is 39.8 Å². The minimum Gasteiger partial charge on any atom is -0.379 e. The average molecular weight is 310 g/mol. The van der Waals surface area contributed by atoms with Crippen LogP contribution >= 0.6 is 0 Å². The number of anilines is 1. The second-order valence-electron chi connectivity index (χ2n) is 5.30. The number of hydrogen-bond acceptors (Lipinski definition) is 2. The maximum absolute atomic E-state index is 13.4. The van der Waals surface area contributed by atoms with E-state index in [0.717, 1.165) is 0 Å². The Morgan fingerprint density at radius 2 is 1.14 bits per heavy atom. The van der Waals surface area contributed by atoms with E-state index in [4.69, 9.17) is 0 Å². The van der Waals surface area contributed by atoms with Crippen molar-refractivity contribution >= 4 is 5.69 Å². The van der Waals surface area contributed by atoms with Gasteiger partial charge in [-0.05, 0) is 27.7 Å². The van der Waals surface area contributed by atoms with Crippen molar-refractivity contribution in [2.75, 3.05) is 18.4 Å². The minimum absolute atomic E-state index is 0.0642. The third-order valence-corrected chi connectivity index (χ3v) is 3.21. The molecule has 2 nitrogen and oxygen atoms in total. The van der Waals surface area contributed by atoms with Crippen molar-refractivity contribution < 1.29 is 22.0 Å². The minimum atomic E-state index is -2.15. The molecule has 1 N–H and O–H groups in total. The highest BCUT2D eigenvalue weighted by Gasteiger charge is 2.25. The van der Waals surface area contributed by atoms with Crippen LogP contribution in [0.1, 0.15) is 27.7 Å². The molecule has 0 aromatic heterocycles. The van der Waals surface area contributed by atoms with E-state index in [2.05, 4.69) is 5.32 Å². The summed E-state index contributed by atoms with van der Waals surface area (Å²) in [6, 6.07) is 0.395. The van der Waals surface area contributed by atoms with Crippen LogP contribution in [0, 0.1) is 29.1 Å². The van der Waals surface area contributed by atoms with Crippen LogP contribution < -0.4 is 5.32 Å². The molecule has 0 aliphatic rings. The molecule has 0 atom stereocenters. The van der Waals surface area contributed by atoms with E-state index in [0.29, 0.717) is 6.54 Å². The molecule has 0 heterocycles. The zero-order valence-electron chi connectivity index (χ0n) is 12.4. The summed E-state index contributed by atoms with van der Waals surface area (Å²) < 4.78 is 65.9. The molecule has 0 amide bonds. The molecule has 0 fully saturated rings. The first-order valence-corrected chi connectivity index (χ1v) is 6.69. The van der Waals surface area contributed by atoms with E-state index in [1.165, 1.54) is 0 Å². The molecule has 120 valence electrons. The lowest BCUT2D eigenvalue weighted by Crippen LogP contribution is -2.40. The lowest BCUT2D eigenvalue weighted by Gasteiger charge is -2.30. The summed E-state index contributed by atoms with van der Waals surface area (Å²) in [5, 5.41) is 2.29. The Hall–Kier alpha value is -1.37. The molecule has 0 aliphatic heterocycles. The zero-order valence-corrected chi connectivity index (χ0v) is 12.4. The van der Waals surface area contributed by atoms with Gasteiger partial charge in [0.2, 0.25) is 5.82 Å². The summed E-state index contributed by atoms with van der Waals surface area (Å²) in [6.45, 7) is 8.30. The van der Waals surface area contributed by atoms with E-state index in [1.807, 2.05) is 32.6 Å². The molecule has 0 unspecified atom stereocenters. The summed E-state index contributed by atoms with van der Waals surface area (Å²) in [5.41, 5.74) is -0.987. The van der Waals surface area contributed by atoms with Crippen molar-refractivity contribution in [2.24, 2.45) is 0 Å². The van der Waals surface area contributed by atoms with Crippen LogP contribution in [0.4, 0.5) is 27.6 Å². The van der Waals surface area contributed by atoms with Gasteiger partial charge < -0.3 is 5.32 Å². The summed E-state index contributed by atoms with van der Waals surface area (Å²) >= 11 is 0. The Balaban J connectivity index is 2.86. The fourth-order valence-electron chi connectivity index (χ4n) is 2.18. The van der Waals surface area contributed by atoms with Gasteiger partial charge in [0.15, 0.2) is 23.3 Å². The molecule has 1 aromatic carbocycles. The number of rotatable bonds is 6. The monoisotopic (exact) mass is 310 g/mol. The normalized spacial score (nSPS) is 11.8. The van der Waals surface area contributed by atoms with E-state index in [9.17, 15) is 22.0 Å². The second-order valence-corrected chi connectivity index (χ2v) is 5.30. The number of benzene rings is 1. The van der Waals surface area contributed by atoms with Crippen LogP contribution in [-0.4, -0.2) is 30.1 Å². The molecule has 0 aliphatic carbocycles. The molecule has 1 rings (SSSR count). The van der Waals surface area contributed by atoms with E-state index in [-0.39, 0.29) is 18.6 Å². The smallest absolute Gasteiger partial charge is 0.200 e. The van der Waals surface area contributed by atoms with Gasteiger partial charge in [0.05, 0.1) is 0 Å². The van der Waals surface area contributed by atoms with E-state index >= 15 is 0 Å². The fraction of sp³-hybridized carbons (Fsp3) is 0.571. The third-order valence-electron chi connectivity index (χ3n) is 3.21.